The summed E-state index contributed by atoms with van der Waals surface area (Å²) < 4.78 is 2.34. The fraction of sp³-hybridized carbons (Fsp3) is 0.208. The number of fused-ring (bicyclic) bond motifs is 8. The first-order valence-corrected chi connectivity index (χ1v) is 9.57. The highest BCUT2D eigenvalue weighted by Gasteiger charge is 2.13. The minimum absolute atomic E-state index is 1.06. The number of pyridine rings is 1. The number of aromatic nitrogens is 2. The van der Waals surface area contributed by atoms with Gasteiger partial charge in [0.1, 0.15) is 5.65 Å². The van der Waals surface area contributed by atoms with Gasteiger partial charge in [-0.05, 0) is 42.0 Å². The van der Waals surface area contributed by atoms with Gasteiger partial charge in [0.25, 0.3) is 0 Å². The summed E-state index contributed by atoms with van der Waals surface area (Å²) in [4.78, 5) is 4.99. The number of nitrogens with zero attached hydrogens (tertiary/aromatic N) is 2. The van der Waals surface area contributed by atoms with E-state index in [0.717, 1.165) is 17.6 Å². The van der Waals surface area contributed by atoms with Crippen LogP contribution in [0.25, 0.3) is 38.4 Å². The van der Waals surface area contributed by atoms with Crippen molar-refractivity contribution >= 4 is 38.4 Å². The van der Waals surface area contributed by atoms with Crippen molar-refractivity contribution in [2.75, 3.05) is 0 Å². The normalized spacial score (nSPS) is 11.9. The first-order valence-electron chi connectivity index (χ1n) is 9.57. The molecule has 2 heterocycles. The third-order valence-electron chi connectivity index (χ3n) is 5.39. The molecule has 0 unspecified atom stereocenters. The number of hydrogen-bond donors (Lipinski definition) is 0. The molecule has 3 aromatic carbocycles. The van der Waals surface area contributed by atoms with Crippen molar-refractivity contribution in [3.63, 3.8) is 0 Å². The molecular weight excluding hydrogens is 316 g/mol. The molecule has 128 valence electrons. The molecule has 0 saturated heterocycles. The summed E-state index contributed by atoms with van der Waals surface area (Å²) in [5.74, 6) is 0. The van der Waals surface area contributed by atoms with Crippen LogP contribution in [0.5, 0.6) is 0 Å². The highest BCUT2D eigenvalue weighted by molar-refractivity contribution is 6.13. The van der Waals surface area contributed by atoms with E-state index in [0.29, 0.717) is 0 Å². The second kappa shape index (κ2) is 6.14. The van der Waals surface area contributed by atoms with Crippen molar-refractivity contribution in [2.24, 2.45) is 0 Å². The van der Waals surface area contributed by atoms with Gasteiger partial charge in [0.15, 0.2) is 0 Å². The van der Waals surface area contributed by atoms with Crippen LogP contribution in [0.4, 0.5) is 0 Å². The maximum atomic E-state index is 4.99. The molecule has 0 aliphatic carbocycles. The van der Waals surface area contributed by atoms with E-state index in [1.807, 2.05) is 0 Å². The number of para-hydroxylation sites is 1. The van der Waals surface area contributed by atoms with Crippen molar-refractivity contribution in [1.29, 1.82) is 0 Å². The van der Waals surface area contributed by atoms with E-state index < -0.39 is 0 Å². The summed E-state index contributed by atoms with van der Waals surface area (Å²) in [5, 5.41) is 3.77. The molecule has 26 heavy (non-hydrogen) atoms. The predicted molar refractivity (Wildman–Crippen MR) is 111 cm³/mol. The summed E-state index contributed by atoms with van der Waals surface area (Å²) in [5.41, 5.74) is 5.99. The Morgan fingerprint density at radius 2 is 1.54 bits per heavy atom. The molecule has 5 aromatic rings. The first-order chi connectivity index (χ1) is 12.9. The molecule has 0 N–H and O–H groups in total. The second-order valence-corrected chi connectivity index (χ2v) is 7.11. The van der Waals surface area contributed by atoms with Crippen molar-refractivity contribution in [2.45, 2.75) is 32.6 Å². The lowest BCUT2D eigenvalue weighted by molar-refractivity contribution is 0.718. The molecule has 0 saturated carbocycles. The summed E-state index contributed by atoms with van der Waals surface area (Å²) in [7, 11) is 0. The molecule has 0 spiro atoms. The average Bonchev–Trinajstić information content (AvgIpc) is 3.08. The standard InChI is InChI=1S/C24H22N2/c1-2-3-4-9-17-14-15-21-23(16-17)26-22-13-8-7-11-19(22)18-10-5-6-12-20(18)24(26)25-21/h5-8,10-16H,2-4,9H2,1H3. The largest absolute Gasteiger partial charge is 0.292 e. The lowest BCUT2D eigenvalue weighted by atomic mass is 10.1. The molecule has 0 bridgehead atoms. The summed E-state index contributed by atoms with van der Waals surface area (Å²) >= 11 is 0. The minimum atomic E-state index is 1.06. The van der Waals surface area contributed by atoms with Gasteiger partial charge < -0.3 is 0 Å². The zero-order valence-corrected chi connectivity index (χ0v) is 15.1. The second-order valence-electron chi connectivity index (χ2n) is 7.11. The van der Waals surface area contributed by atoms with Gasteiger partial charge in [-0.15, -0.1) is 0 Å². The molecule has 0 atom stereocenters. The highest BCUT2D eigenvalue weighted by atomic mass is 15.0. The predicted octanol–water partition coefficient (Wildman–Crippen LogP) is 6.53. The summed E-state index contributed by atoms with van der Waals surface area (Å²) in [6, 6.07) is 24.0. The van der Waals surface area contributed by atoms with Gasteiger partial charge in [0, 0.05) is 10.8 Å². The van der Waals surface area contributed by atoms with Gasteiger partial charge >= 0.3 is 0 Å². The third kappa shape index (κ3) is 2.29. The van der Waals surface area contributed by atoms with Crippen LogP contribution in [0.15, 0.2) is 66.7 Å². The Kier molecular flexibility index (Phi) is 3.63. The Morgan fingerprint density at radius 1 is 0.769 bits per heavy atom. The van der Waals surface area contributed by atoms with E-state index in [1.165, 1.54) is 52.0 Å². The maximum Gasteiger partial charge on any atom is 0.146 e. The van der Waals surface area contributed by atoms with E-state index in [2.05, 4.69) is 78.1 Å². The molecule has 0 amide bonds. The van der Waals surface area contributed by atoms with Crippen LogP contribution in [-0.2, 0) is 6.42 Å². The third-order valence-corrected chi connectivity index (χ3v) is 5.39. The van der Waals surface area contributed by atoms with Gasteiger partial charge in [-0.2, -0.15) is 0 Å². The molecular formula is C24H22N2. The monoisotopic (exact) mass is 338 g/mol. The first kappa shape index (κ1) is 15.4. The van der Waals surface area contributed by atoms with E-state index in [-0.39, 0.29) is 0 Å². The van der Waals surface area contributed by atoms with Crippen LogP contribution >= 0.6 is 0 Å². The molecule has 2 nitrogen and oxygen atoms in total. The van der Waals surface area contributed by atoms with Crippen LogP contribution in [0, 0.1) is 0 Å². The van der Waals surface area contributed by atoms with E-state index in [9.17, 15) is 0 Å². The Morgan fingerprint density at radius 3 is 2.38 bits per heavy atom. The van der Waals surface area contributed by atoms with Crippen molar-refractivity contribution in [3.8, 4) is 0 Å². The fourth-order valence-electron chi connectivity index (χ4n) is 4.09. The smallest absolute Gasteiger partial charge is 0.146 e. The van der Waals surface area contributed by atoms with E-state index in [1.54, 1.807) is 0 Å². The zero-order valence-electron chi connectivity index (χ0n) is 15.1. The quantitative estimate of drug-likeness (QED) is 0.269. The molecule has 0 fully saturated rings. The van der Waals surface area contributed by atoms with Crippen LogP contribution in [-0.4, -0.2) is 9.38 Å². The number of imidazole rings is 1. The summed E-state index contributed by atoms with van der Waals surface area (Å²) in [6.45, 7) is 2.25. The van der Waals surface area contributed by atoms with Gasteiger partial charge in [0.05, 0.1) is 16.6 Å². The zero-order chi connectivity index (χ0) is 17.5. The SMILES string of the molecule is CCCCCc1ccc2nc3c4ccccc4c4ccccc4n3c2c1. The van der Waals surface area contributed by atoms with Crippen molar-refractivity contribution in [3.05, 3.63) is 72.3 Å². The van der Waals surface area contributed by atoms with E-state index >= 15 is 0 Å². The molecule has 2 aromatic heterocycles. The maximum absolute atomic E-state index is 4.99. The Balaban J connectivity index is 1.87. The fourth-order valence-corrected chi connectivity index (χ4v) is 4.09. The molecule has 0 aliphatic rings. The van der Waals surface area contributed by atoms with Crippen LogP contribution in [0.3, 0.4) is 0 Å². The van der Waals surface area contributed by atoms with Gasteiger partial charge in [-0.3, -0.25) is 4.40 Å². The van der Waals surface area contributed by atoms with Crippen LogP contribution in [0.1, 0.15) is 31.7 Å². The average molecular weight is 338 g/mol. The molecule has 0 radical (unpaired) electrons. The van der Waals surface area contributed by atoms with Gasteiger partial charge in [-0.1, -0.05) is 68.3 Å². The lowest BCUT2D eigenvalue weighted by Crippen LogP contribution is -1.92. The molecule has 2 heteroatoms. The Labute approximate surface area is 153 Å². The van der Waals surface area contributed by atoms with Gasteiger partial charge in [0.2, 0.25) is 0 Å². The van der Waals surface area contributed by atoms with Crippen LogP contribution < -0.4 is 0 Å². The van der Waals surface area contributed by atoms with Crippen molar-refractivity contribution in [1.82, 2.24) is 9.38 Å². The number of benzene rings is 3. The molecule has 5 rings (SSSR count). The number of hydrogen-bond acceptors (Lipinski definition) is 1. The van der Waals surface area contributed by atoms with Crippen molar-refractivity contribution < 1.29 is 0 Å². The number of rotatable bonds is 4. The number of aryl methyl sites for hydroxylation is 1. The Bertz CT molecular complexity index is 1250. The molecule has 0 aliphatic heterocycles. The summed E-state index contributed by atoms with van der Waals surface area (Å²) in [6.07, 6.45) is 4.94. The lowest BCUT2D eigenvalue weighted by Gasteiger charge is -2.09. The van der Waals surface area contributed by atoms with Gasteiger partial charge in [-0.25, -0.2) is 4.98 Å². The highest BCUT2D eigenvalue weighted by Crippen LogP contribution is 2.32. The van der Waals surface area contributed by atoms with Crippen LogP contribution in [0.2, 0.25) is 0 Å². The van der Waals surface area contributed by atoms with E-state index in [4.69, 9.17) is 4.98 Å². The minimum Gasteiger partial charge on any atom is -0.292 e. The Hall–Kier alpha value is -2.87. The number of unbranched alkanes of at least 4 members (excludes halogenated alkanes) is 2. The topological polar surface area (TPSA) is 17.3 Å².